The van der Waals surface area contributed by atoms with Crippen LogP contribution in [0.3, 0.4) is 0 Å². The van der Waals surface area contributed by atoms with Crippen molar-refractivity contribution in [3.63, 3.8) is 0 Å². The largest absolute Gasteiger partial charge is 0.490 e. The third-order valence-electron chi connectivity index (χ3n) is 4.41. The molecule has 4 rings (SSSR count). The molecule has 0 bridgehead atoms. The topological polar surface area (TPSA) is 87.5 Å². The van der Waals surface area contributed by atoms with Gasteiger partial charge in [-0.1, -0.05) is 20.8 Å². The summed E-state index contributed by atoms with van der Waals surface area (Å²) in [5.74, 6) is -3.12. The highest BCUT2D eigenvalue weighted by Crippen LogP contribution is 2.30. The van der Waals surface area contributed by atoms with Gasteiger partial charge in [0, 0.05) is 28.6 Å². The Morgan fingerprint density at radius 1 is 1.13 bits per heavy atom. The van der Waals surface area contributed by atoms with Crippen molar-refractivity contribution in [1.29, 1.82) is 0 Å². The normalized spacial score (nSPS) is 12.2. The Hall–Kier alpha value is -3.43. The van der Waals surface area contributed by atoms with Gasteiger partial charge in [-0.05, 0) is 24.3 Å². The zero-order valence-corrected chi connectivity index (χ0v) is 16.1. The fourth-order valence-electron chi connectivity index (χ4n) is 2.96. The number of hydrogen-bond acceptors (Lipinski definition) is 3. The maximum absolute atomic E-state index is 13.8. The van der Waals surface area contributed by atoms with E-state index >= 15 is 0 Å². The number of carboxylic acids is 1. The summed E-state index contributed by atoms with van der Waals surface area (Å²) in [7, 11) is 0. The van der Waals surface area contributed by atoms with E-state index < -0.39 is 12.1 Å². The molecule has 0 spiro atoms. The fraction of sp³-hybridized carbons (Fsp3) is 0.250. The number of aromatic nitrogens is 3. The number of fused-ring (bicyclic) bond motifs is 6. The van der Waals surface area contributed by atoms with E-state index in [1.807, 2.05) is 16.7 Å². The molecule has 3 aromatic heterocycles. The quantitative estimate of drug-likeness (QED) is 0.324. The first kappa shape index (κ1) is 21.3. The Bertz CT molecular complexity index is 1330. The van der Waals surface area contributed by atoms with E-state index in [1.54, 1.807) is 12.3 Å². The number of benzene rings is 1. The lowest BCUT2D eigenvalue weighted by molar-refractivity contribution is -0.192. The van der Waals surface area contributed by atoms with E-state index in [0.717, 1.165) is 22.2 Å². The highest BCUT2D eigenvalue weighted by molar-refractivity contribution is 6.11. The van der Waals surface area contributed by atoms with E-state index in [0.29, 0.717) is 10.8 Å². The lowest BCUT2D eigenvalue weighted by Gasteiger charge is -2.13. The van der Waals surface area contributed by atoms with Gasteiger partial charge in [0.25, 0.3) is 5.56 Å². The molecule has 0 saturated heterocycles. The number of carbonyl (C=O) groups is 1. The van der Waals surface area contributed by atoms with Gasteiger partial charge >= 0.3 is 12.1 Å². The minimum absolute atomic E-state index is 0.119. The van der Waals surface area contributed by atoms with E-state index in [-0.39, 0.29) is 16.8 Å². The van der Waals surface area contributed by atoms with Crippen molar-refractivity contribution in [3.05, 3.63) is 58.5 Å². The van der Waals surface area contributed by atoms with Crippen LogP contribution in [0.5, 0.6) is 0 Å². The molecule has 0 fully saturated rings. The van der Waals surface area contributed by atoms with Crippen LogP contribution in [0.4, 0.5) is 17.6 Å². The maximum atomic E-state index is 13.8. The number of pyridine rings is 2. The Kier molecular flexibility index (Phi) is 5.05. The summed E-state index contributed by atoms with van der Waals surface area (Å²) in [6.45, 7) is 6.27. The summed E-state index contributed by atoms with van der Waals surface area (Å²) in [5, 5.41) is 8.96. The minimum atomic E-state index is -5.08. The van der Waals surface area contributed by atoms with E-state index in [2.05, 4.69) is 25.8 Å². The highest BCUT2D eigenvalue weighted by atomic mass is 19.4. The third kappa shape index (κ3) is 3.85. The molecule has 0 unspecified atom stereocenters. The highest BCUT2D eigenvalue weighted by Gasteiger charge is 2.38. The van der Waals surface area contributed by atoms with Crippen LogP contribution in [0.25, 0.3) is 27.3 Å². The summed E-state index contributed by atoms with van der Waals surface area (Å²) in [6.07, 6.45) is -1.52. The van der Waals surface area contributed by atoms with Crippen LogP contribution >= 0.6 is 0 Å². The molecule has 2 N–H and O–H groups in total. The molecule has 6 nitrogen and oxygen atoms in total. The molecule has 10 heteroatoms. The lowest BCUT2D eigenvalue weighted by Crippen LogP contribution is -2.21. The number of nitrogens with one attached hydrogen (secondary N) is 1. The summed E-state index contributed by atoms with van der Waals surface area (Å²) in [4.78, 5) is 28.7. The molecule has 0 aliphatic rings. The van der Waals surface area contributed by atoms with Gasteiger partial charge in [-0.25, -0.2) is 14.2 Å². The maximum Gasteiger partial charge on any atom is 0.490 e. The van der Waals surface area contributed by atoms with Crippen molar-refractivity contribution in [1.82, 2.24) is 14.4 Å². The molecular weight excluding hydrogens is 406 g/mol. The van der Waals surface area contributed by atoms with Crippen molar-refractivity contribution in [2.75, 3.05) is 0 Å². The van der Waals surface area contributed by atoms with Gasteiger partial charge in [-0.2, -0.15) is 13.2 Å². The summed E-state index contributed by atoms with van der Waals surface area (Å²) in [5.41, 5.74) is 2.04. The first-order valence-corrected chi connectivity index (χ1v) is 8.73. The number of imidazole rings is 1. The molecule has 0 atom stereocenters. The number of aliphatic carboxylic acids is 1. The molecule has 158 valence electrons. The van der Waals surface area contributed by atoms with Gasteiger partial charge < -0.3 is 10.1 Å². The molecule has 3 heterocycles. The van der Waals surface area contributed by atoms with Crippen LogP contribution in [-0.2, 0) is 10.2 Å². The average molecular weight is 423 g/mol. The number of rotatable bonds is 0. The second-order valence-corrected chi connectivity index (χ2v) is 7.63. The second-order valence-electron chi connectivity index (χ2n) is 7.63. The third-order valence-corrected chi connectivity index (χ3v) is 4.41. The van der Waals surface area contributed by atoms with Gasteiger partial charge in [0.2, 0.25) is 0 Å². The molecule has 4 aromatic rings. The molecule has 0 aliphatic carbocycles. The molecule has 0 amide bonds. The van der Waals surface area contributed by atoms with Gasteiger partial charge in [0.05, 0.1) is 16.6 Å². The van der Waals surface area contributed by atoms with Crippen LogP contribution in [0, 0.1) is 5.82 Å². The predicted molar refractivity (Wildman–Crippen MR) is 103 cm³/mol. The van der Waals surface area contributed by atoms with Crippen LogP contribution in [0.2, 0.25) is 0 Å². The molecule has 1 aromatic carbocycles. The smallest absolute Gasteiger partial charge is 0.475 e. The summed E-state index contributed by atoms with van der Waals surface area (Å²) in [6, 6.07) is 6.31. The average Bonchev–Trinajstić information content (AvgIpc) is 3.07. The lowest BCUT2D eigenvalue weighted by atomic mass is 9.93. The van der Waals surface area contributed by atoms with Crippen molar-refractivity contribution >= 4 is 33.3 Å². The van der Waals surface area contributed by atoms with Crippen molar-refractivity contribution in [2.24, 2.45) is 0 Å². The summed E-state index contributed by atoms with van der Waals surface area (Å²) >= 11 is 0. The first-order valence-electron chi connectivity index (χ1n) is 8.73. The number of carboxylic acid groups (broad SMARTS) is 1. The van der Waals surface area contributed by atoms with E-state index in [9.17, 15) is 22.4 Å². The Morgan fingerprint density at radius 2 is 1.77 bits per heavy atom. The van der Waals surface area contributed by atoms with Gasteiger partial charge in [-0.3, -0.25) is 9.20 Å². The van der Waals surface area contributed by atoms with E-state index in [1.165, 1.54) is 12.1 Å². The Balaban J connectivity index is 0.000000318. The second kappa shape index (κ2) is 7.12. The number of nitrogens with zero attached hydrogens (tertiary/aromatic N) is 2. The molecule has 0 aliphatic heterocycles. The van der Waals surface area contributed by atoms with Gasteiger partial charge in [-0.15, -0.1) is 0 Å². The number of halogens is 4. The SMILES string of the molecule is CC(C)(C)c1cn2c3cc[nH]c(=O)c3c3cc(F)ccc3c2n1.O=C(O)C(F)(F)F. The zero-order chi connectivity index (χ0) is 22.4. The van der Waals surface area contributed by atoms with Crippen LogP contribution in [0.15, 0.2) is 41.5 Å². The molecule has 30 heavy (non-hydrogen) atoms. The number of alkyl halides is 3. The first-order chi connectivity index (χ1) is 13.8. The number of hydrogen-bond donors (Lipinski definition) is 2. The molecular formula is C20H17F4N3O3. The predicted octanol–water partition coefficient (Wildman–Crippen LogP) is 4.40. The van der Waals surface area contributed by atoms with Crippen molar-refractivity contribution in [2.45, 2.75) is 32.4 Å². The Morgan fingerprint density at radius 3 is 2.33 bits per heavy atom. The standard InChI is InChI=1S/C18H16FN3O.C2HF3O2/c1-18(2,3)14-9-22-13-6-7-20-17(23)15(13)12-8-10(19)4-5-11(12)16(22)21-14;3-2(4,5)1(6)7/h4-9H,1-3H3,(H,20,23);(H,6,7). The van der Waals surface area contributed by atoms with Gasteiger partial charge in [0.1, 0.15) is 11.5 Å². The monoisotopic (exact) mass is 423 g/mol. The van der Waals surface area contributed by atoms with Crippen LogP contribution in [0.1, 0.15) is 26.5 Å². The van der Waals surface area contributed by atoms with Crippen molar-refractivity contribution in [3.8, 4) is 0 Å². The van der Waals surface area contributed by atoms with E-state index in [4.69, 9.17) is 14.9 Å². The molecule has 0 saturated carbocycles. The van der Waals surface area contributed by atoms with Crippen molar-refractivity contribution < 1.29 is 27.5 Å². The van der Waals surface area contributed by atoms with Crippen LogP contribution in [-0.4, -0.2) is 31.6 Å². The fourth-order valence-corrected chi connectivity index (χ4v) is 2.96. The zero-order valence-electron chi connectivity index (χ0n) is 16.1. The number of aromatic amines is 1. The molecule has 0 radical (unpaired) electrons. The van der Waals surface area contributed by atoms with Gasteiger partial charge in [0.15, 0.2) is 0 Å². The minimum Gasteiger partial charge on any atom is -0.475 e. The summed E-state index contributed by atoms with van der Waals surface area (Å²) < 4.78 is 47.4. The number of H-pyrrole nitrogens is 1. The van der Waals surface area contributed by atoms with Crippen LogP contribution < -0.4 is 5.56 Å². The Labute approximate surface area is 166 Å².